The summed E-state index contributed by atoms with van der Waals surface area (Å²) < 4.78 is 0. The lowest BCUT2D eigenvalue weighted by Crippen LogP contribution is -2.07. The van der Waals surface area contributed by atoms with Crippen molar-refractivity contribution in [1.29, 1.82) is 0 Å². The Bertz CT molecular complexity index is 830. The Labute approximate surface area is 183 Å². The van der Waals surface area contributed by atoms with E-state index < -0.39 is 0 Å². The fourth-order valence-corrected chi connectivity index (χ4v) is 4.75. The number of hydrogen-bond acceptors (Lipinski definition) is 2. The Hall–Kier alpha value is -1.64. The van der Waals surface area contributed by atoms with E-state index in [9.17, 15) is 9.59 Å². The normalized spacial score (nSPS) is 14.2. The van der Waals surface area contributed by atoms with Crippen LogP contribution in [0, 0.1) is 11.8 Å². The highest BCUT2D eigenvalue weighted by Gasteiger charge is 2.22. The molecule has 2 aromatic rings. The largest absolute Gasteiger partial charge is 0.294 e. The molecule has 2 nitrogen and oxygen atoms in total. The molecule has 29 heavy (non-hydrogen) atoms. The van der Waals surface area contributed by atoms with Crippen molar-refractivity contribution in [2.75, 3.05) is 11.8 Å². The SMILES string of the molecule is CC(CCCl)CC(=O)c1ccc2c(c1)Cc1cc(C(=O)CC(C)CCCl)ccc1-2. The summed E-state index contributed by atoms with van der Waals surface area (Å²) in [7, 11) is 0. The molecule has 0 amide bonds. The van der Waals surface area contributed by atoms with Gasteiger partial charge in [0.05, 0.1) is 0 Å². The average molecular weight is 431 g/mol. The number of benzene rings is 2. The third kappa shape index (κ3) is 5.29. The molecule has 0 spiro atoms. The number of halogens is 2. The summed E-state index contributed by atoms with van der Waals surface area (Å²) in [6.07, 6.45) is 3.52. The first-order chi connectivity index (χ1) is 13.9. The molecule has 154 valence electrons. The van der Waals surface area contributed by atoms with Crippen molar-refractivity contribution in [3.8, 4) is 11.1 Å². The molecule has 3 rings (SSSR count). The minimum atomic E-state index is 0.172. The average Bonchev–Trinajstić information content (AvgIpc) is 3.05. The van der Waals surface area contributed by atoms with Crippen LogP contribution in [0.4, 0.5) is 0 Å². The van der Waals surface area contributed by atoms with Crippen LogP contribution in [0.1, 0.15) is 71.4 Å². The third-order valence-electron chi connectivity index (χ3n) is 5.80. The van der Waals surface area contributed by atoms with Crippen molar-refractivity contribution >= 4 is 34.8 Å². The zero-order valence-corrected chi connectivity index (χ0v) is 18.7. The van der Waals surface area contributed by atoms with Crippen LogP contribution in [-0.4, -0.2) is 23.3 Å². The molecule has 1 aliphatic carbocycles. The predicted molar refractivity (Wildman–Crippen MR) is 122 cm³/mol. The molecule has 0 saturated carbocycles. The smallest absolute Gasteiger partial charge is 0.163 e. The van der Waals surface area contributed by atoms with Crippen LogP contribution in [0.25, 0.3) is 11.1 Å². The van der Waals surface area contributed by atoms with E-state index in [4.69, 9.17) is 23.2 Å². The molecule has 2 unspecified atom stereocenters. The van der Waals surface area contributed by atoms with Gasteiger partial charge in [-0.25, -0.2) is 0 Å². The zero-order valence-electron chi connectivity index (χ0n) is 17.1. The highest BCUT2D eigenvalue weighted by molar-refractivity contribution is 6.18. The van der Waals surface area contributed by atoms with E-state index in [1.54, 1.807) is 0 Å². The second-order valence-corrected chi connectivity index (χ2v) is 9.10. The molecule has 0 aliphatic heterocycles. The van der Waals surface area contributed by atoms with Crippen LogP contribution in [0.2, 0.25) is 0 Å². The third-order valence-corrected chi connectivity index (χ3v) is 6.23. The van der Waals surface area contributed by atoms with Crippen molar-refractivity contribution in [3.63, 3.8) is 0 Å². The molecule has 2 atom stereocenters. The summed E-state index contributed by atoms with van der Waals surface area (Å²) in [5.41, 5.74) is 6.19. The standard InChI is InChI=1S/C25H28Cl2O2/c1-16(7-9-26)11-24(28)18-3-5-22-20(13-18)15-21-14-19(4-6-23(21)22)25(29)12-17(2)8-10-27/h3-6,13-14,16-17H,7-12,15H2,1-2H3. The second kappa shape index (κ2) is 9.91. The van der Waals surface area contributed by atoms with E-state index in [0.717, 1.165) is 41.5 Å². The summed E-state index contributed by atoms with van der Waals surface area (Å²) in [4.78, 5) is 25.2. The van der Waals surface area contributed by atoms with Crippen LogP contribution in [0.15, 0.2) is 36.4 Å². The number of rotatable bonds is 10. The fraction of sp³-hybridized carbons (Fsp3) is 0.440. The van der Waals surface area contributed by atoms with Gasteiger partial charge in [0.15, 0.2) is 11.6 Å². The summed E-state index contributed by atoms with van der Waals surface area (Å²) in [5.74, 6) is 2.09. The molecule has 1 aliphatic rings. The van der Waals surface area contributed by atoms with Crippen LogP contribution in [-0.2, 0) is 6.42 Å². The summed E-state index contributed by atoms with van der Waals surface area (Å²) in [6, 6.07) is 12.0. The lowest BCUT2D eigenvalue weighted by atomic mass is 9.94. The highest BCUT2D eigenvalue weighted by atomic mass is 35.5. The van der Waals surface area contributed by atoms with E-state index in [2.05, 4.69) is 13.8 Å². The molecule has 2 aromatic carbocycles. The van der Waals surface area contributed by atoms with E-state index in [1.165, 1.54) is 11.1 Å². The highest BCUT2D eigenvalue weighted by Crippen LogP contribution is 2.38. The lowest BCUT2D eigenvalue weighted by Gasteiger charge is -2.10. The van der Waals surface area contributed by atoms with Crippen molar-refractivity contribution in [3.05, 3.63) is 58.7 Å². The van der Waals surface area contributed by atoms with Gasteiger partial charge in [0, 0.05) is 35.7 Å². The Morgan fingerprint density at radius 1 is 0.793 bits per heavy atom. The van der Waals surface area contributed by atoms with Gasteiger partial charge < -0.3 is 0 Å². The molecule has 0 heterocycles. The van der Waals surface area contributed by atoms with Crippen molar-refractivity contribution in [2.24, 2.45) is 11.8 Å². The number of carbonyl (C=O) groups excluding carboxylic acids is 2. The Balaban J connectivity index is 1.75. The maximum absolute atomic E-state index is 12.6. The minimum absolute atomic E-state index is 0.172. The minimum Gasteiger partial charge on any atom is -0.294 e. The van der Waals surface area contributed by atoms with E-state index in [1.807, 2.05) is 36.4 Å². The number of hydrogen-bond donors (Lipinski definition) is 0. The first-order valence-corrected chi connectivity index (χ1v) is 11.4. The van der Waals surface area contributed by atoms with Gasteiger partial charge in [0.2, 0.25) is 0 Å². The Morgan fingerprint density at radius 2 is 1.21 bits per heavy atom. The van der Waals surface area contributed by atoms with Crippen LogP contribution in [0.3, 0.4) is 0 Å². The van der Waals surface area contributed by atoms with Gasteiger partial charge in [0.25, 0.3) is 0 Å². The van der Waals surface area contributed by atoms with Gasteiger partial charge in [-0.2, -0.15) is 0 Å². The molecule has 0 saturated heterocycles. The van der Waals surface area contributed by atoms with Gasteiger partial charge in [-0.1, -0.05) is 38.1 Å². The van der Waals surface area contributed by atoms with E-state index in [0.29, 0.717) is 36.4 Å². The van der Waals surface area contributed by atoms with E-state index in [-0.39, 0.29) is 11.6 Å². The number of carbonyl (C=O) groups is 2. The van der Waals surface area contributed by atoms with E-state index >= 15 is 0 Å². The van der Waals surface area contributed by atoms with Crippen molar-refractivity contribution in [1.82, 2.24) is 0 Å². The number of Topliss-reactive ketones (excluding diaryl/α,β-unsaturated/α-hetero) is 2. The maximum Gasteiger partial charge on any atom is 0.163 e. The summed E-state index contributed by atoms with van der Waals surface area (Å²) >= 11 is 11.6. The van der Waals surface area contributed by atoms with Crippen molar-refractivity contribution < 1.29 is 9.59 Å². The molecule has 0 bridgehead atoms. The molecule has 0 radical (unpaired) electrons. The number of alkyl halides is 2. The fourth-order valence-electron chi connectivity index (χ4n) is 4.00. The Kier molecular flexibility index (Phi) is 7.54. The summed E-state index contributed by atoms with van der Waals surface area (Å²) in [6.45, 7) is 4.13. The van der Waals surface area contributed by atoms with Crippen LogP contribution < -0.4 is 0 Å². The van der Waals surface area contributed by atoms with Gasteiger partial charge in [0.1, 0.15) is 0 Å². The zero-order chi connectivity index (χ0) is 21.0. The van der Waals surface area contributed by atoms with Crippen molar-refractivity contribution in [2.45, 2.75) is 46.0 Å². The quantitative estimate of drug-likeness (QED) is 0.258. The van der Waals surface area contributed by atoms with Gasteiger partial charge in [-0.3, -0.25) is 9.59 Å². The summed E-state index contributed by atoms with van der Waals surface area (Å²) in [5, 5.41) is 0. The van der Waals surface area contributed by atoms with Crippen LogP contribution in [0.5, 0.6) is 0 Å². The molecule has 0 aromatic heterocycles. The molecular formula is C25H28Cl2O2. The monoisotopic (exact) mass is 430 g/mol. The molecule has 4 heteroatoms. The Morgan fingerprint density at radius 3 is 1.59 bits per heavy atom. The van der Waals surface area contributed by atoms with Crippen LogP contribution >= 0.6 is 23.2 Å². The predicted octanol–water partition coefficient (Wildman–Crippen LogP) is 6.93. The van der Waals surface area contributed by atoms with Gasteiger partial charge in [-0.05, 0) is 65.5 Å². The topological polar surface area (TPSA) is 34.1 Å². The molecule has 0 fully saturated rings. The maximum atomic E-state index is 12.6. The second-order valence-electron chi connectivity index (χ2n) is 8.34. The first-order valence-electron chi connectivity index (χ1n) is 10.4. The van der Waals surface area contributed by atoms with Gasteiger partial charge in [-0.15, -0.1) is 23.2 Å². The lowest BCUT2D eigenvalue weighted by molar-refractivity contribution is 0.0955. The van der Waals surface area contributed by atoms with Gasteiger partial charge >= 0.3 is 0 Å². The molecule has 0 N–H and O–H groups in total. The first kappa shape index (κ1) is 22.1. The number of ketones is 2. The molecular weight excluding hydrogens is 403 g/mol. The number of fused-ring (bicyclic) bond motifs is 3.